The van der Waals surface area contributed by atoms with Gasteiger partial charge in [-0.15, -0.1) is 0 Å². The molecule has 1 aromatic carbocycles. The lowest BCUT2D eigenvalue weighted by Crippen LogP contribution is -2.35. The number of carbonyl (C=O) groups is 1. The van der Waals surface area contributed by atoms with Gasteiger partial charge in [0.2, 0.25) is 5.91 Å². The molecule has 0 aliphatic heterocycles. The summed E-state index contributed by atoms with van der Waals surface area (Å²) in [6, 6.07) is 3.93. The van der Waals surface area contributed by atoms with E-state index < -0.39 is 17.8 Å². The molecule has 1 N–H and O–H groups in total. The monoisotopic (exact) mass is 395 g/mol. The fraction of sp³-hybridized carbons (Fsp3) is 0.500. The van der Waals surface area contributed by atoms with Crippen molar-refractivity contribution >= 4 is 5.91 Å². The number of aromatic amines is 1. The number of rotatable bonds is 4. The maximum absolute atomic E-state index is 13.1. The normalized spacial score (nSPS) is 16.6. The first-order chi connectivity index (χ1) is 13.1. The summed E-state index contributed by atoms with van der Waals surface area (Å²) in [4.78, 5) is 14.5. The molecule has 1 aliphatic rings. The number of carbonyl (C=O) groups excluding carboxylic acids is 1. The molecule has 152 valence electrons. The molecule has 2 aromatic rings. The number of alkyl halides is 3. The molecule has 1 heterocycles. The van der Waals surface area contributed by atoms with Gasteiger partial charge in [-0.25, -0.2) is 0 Å². The predicted octanol–water partition coefficient (Wildman–Crippen LogP) is 3.82. The van der Waals surface area contributed by atoms with Gasteiger partial charge in [0, 0.05) is 30.8 Å². The third-order valence-electron chi connectivity index (χ3n) is 5.28. The van der Waals surface area contributed by atoms with Gasteiger partial charge >= 0.3 is 6.18 Å². The number of aryl methyl sites for hydroxylation is 3. The van der Waals surface area contributed by atoms with Crippen LogP contribution < -0.4 is 4.74 Å². The molecule has 3 rings (SSSR count). The molecule has 0 saturated carbocycles. The number of nitrogens with zero attached hydrogens (tertiary/aromatic N) is 2. The second kappa shape index (κ2) is 7.48. The van der Waals surface area contributed by atoms with Crippen LogP contribution in [0.15, 0.2) is 12.1 Å². The molecule has 0 fully saturated rings. The number of amides is 1. The smallest absolute Gasteiger partial charge is 0.435 e. The highest BCUT2D eigenvalue weighted by Gasteiger charge is 2.40. The number of ether oxygens (including phenoxy) is 1. The van der Waals surface area contributed by atoms with Gasteiger partial charge in [0.25, 0.3) is 0 Å². The second-order valence-electron chi connectivity index (χ2n) is 7.42. The standard InChI is InChI=1S/C20H24F3N3O2/c1-11-7-13(8-12(2)17(11)28-4)10-26(3)19(27)14-5-6-16-15(9-14)18(25-24-16)20(21,22)23/h7-8,14H,5-6,9-10H2,1-4H3,(H,24,25)/t14-/m0/s1. The molecule has 1 aliphatic carbocycles. The minimum atomic E-state index is -4.51. The highest BCUT2D eigenvalue weighted by atomic mass is 19.4. The minimum absolute atomic E-state index is 0.0600. The maximum atomic E-state index is 13.1. The first kappa shape index (κ1) is 20.2. The average molecular weight is 395 g/mol. The zero-order valence-electron chi connectivity index (χ0n) is 16.4. The Morgan fingerprint density at radius 3 is 2.54 bits per heavy atom. The van der Waals surface area contributed by atoms with Crippen LogP contribution in [-0.4, -0.2) is 35.2 Å². The molecule has 1 atom stereocenters. The Hall–Kier alpha value is -2.51. The third kappa shape index (κ3) is 3.86. The first-order valence-electron chi connectivity index (χ1n) is 9.14. The van der Waals surface area contributed by atoms with E-state index in [9.17, 15) is 18.0 Å². The predicted molar refractivity (Wildman–Crippen MR) is 98.0 cm³/mol. The number of nitrogens with one attached hydrogen (secondary N) is 1. The van der Waals surface area contributed by atoms with E-state index >= 15 is 0 Å². The van der Waals surface area contributed by atoms with Crippen molar-refractivity contribution in [2.75, 3.05) is 14.2 Å². The summed E-state index contributed by atoms with van der Waals surface area (Å²) in [5.41, 5.74) is 2.64. The Labute approximate surface area is 161 Å². The lowest BCUT2D eigenvalue weighted by molar-refractivity contribution is -0.142. The second-order valence-corrected chi connectivity index (χ2v) is 7.42. The summed E-state index contributed by atoms with van der Waals surface area (Å²) in [5, 5.41) is 5.90. The Kier molecular flexibility index (Phi) is 5.41. The van der Waals surface area contributed by atoms with Crippen molar-refractivity contribution in [3.8, 4) is 5.75 Å². The number of methoxy groups -OCH3 is 1. The highest BCUT2D eigenvalue weighted by Crippen LogP contribution is 2.36. The zero-order valence-corrected chi connectivity index (χ0v) is 16.4. The fourth-order valence-corrected chi connectivity index (χ4v) is 4.06. The number of benzene rings is 1. The van der Waals surface area contributed by atoms with Crippen molar-refractivity contribution in [2.24, 2.45) is 5.92 Å². The molecule has 0 radical (unpaired) electrons. The van der Waals surface area contributed by atoms with E-state index in [1.165, 1.54) is 0 Å². The lowest BCUT2D eigenvalue weighted by atomic mass is 9.85. The first-order valence-corrected chi connectivity index (χ1v) is 9.14. The molecule has 5 nitrogen and oxygen atoms in total. The Balaban J connectivity index is 1.74. The van der Waals surface area contributed by atoms with Gasteiger partial charge in [0.05, 0.1) is 7.11 Å². The third-order valence-corrected chi connectivity index (χ3v) is 5.28. The largest absolute Gasteiger partial charge is 0.496 e. The summed E-state index contributed by atoms with van der Waals surface area (Å²) in [5.74, 6) is 0.194. The van der Waals surface area contributed by atoms with Crippen LogP contribution in [0, 0.1) is 19.8 Å². The molecule has 28 heavy (non-hydrogen) atoms. The SMILES string of the molecule is COc1c(C)cc(CN(C)C(=O)[C@H]2CCc3[nH]nc(C(F)(F)F)c3C2)cc1C. The van der Waals surface area contributed by atoms with Crippen LogP contribution in [0.1, 0.15) is 40.1 Å². The lowest BCUT2D eigenvalue weighted by Gasteiger charge is -2.27. The van der Waals surface area contributed by atoms with E-state index in [2.05, 4.69) is 10.2 Å². The van der Waals surface area contributed by atoms with Gasteiger partial charge in [-0.1, -0.05) is 12.1 Å². The summed E-state index contributed by atoms with van der Waals surface area (Å²) in [7, 11) is 3.31. The van der Waals surface area contributed by atoms with Crippen molar-refractivity contribution in [3.05, 3.63) is 45.8 Å². The van der Waals surface area contributed by atoms with E-state index in [0.717, 1.165) is 22.4 Å². The highest BCUT2D eigenvalue weighted by molar-refractivity contribution is 5.79. The van der Waals surface area contributed by atoms with Gasteiger partial charge in [0.15, 0.2) is 5.69 Å². The molecule has 1 aromatic heterocycles. The van der Waals surface area contributed by atoms with Gasteiger partial charge in [-0.3, -0.25) is 9.89 Å². The van der Waals surface area contributed by atoms with Crippen LogP contribution in [0.3, 0.4) is 0 Å². The molecule has 0 unspecified atom stereocenters. The van der Waals surface area contributed by atoms with E-state index in [-0.39, 0.29) is 17.9 Å². The van der Waals surface area contributed by atoms with Gasteiger partial charge in [-0.05, 0) is 49.8 Å². The fourth-order valence-electron chi connectivity index (χ4n) is 4.06. The van der Waals surface area contributed by atoms with Crippen LogP contribution in [0.2, 0.25) is 0 Å². The van der Waals surface area contributed by atoms with E-state index in [1.807, 2.05) is 26.0 Å². The molecule has 0 spiro atoms. The summed E-state index contributed by atoms with van der Waals surface area (Å²) < 4.78 is 44.8. The van der Waals surface area contributed by atoms with Crippen molar-refractivity contribution in [2.45, 2.75) is 45.8 Å². The van der Waals surface area contributed by atoms with Crippen LogP contribution in [0.4, 0.5) is 13.2 Å². The van der Waals surface area contributed by atoms with Gasteiger partial charge in [-0.2, -0.15) is 18.3 Å². The number of halogens is 3. The van der Waals surface area contributed by atoms with E-state index in [4.69, 9.17) is 4.74 Å². The van der Waals surface area contributed by atoms with Crippen molar-refractivity contribution in [1.82, 2.24) is 15.1 Å². The van der Waals surface area contributed by atoms with Gasteiger partial charge < -0.3 is 9.64 Å². The van der Waals surface area contributed by atoms with Crippen LogP contribution >= 0.6 is 0 Å². The average Bonchev–Trinajstić information content (AvgIpc) is 3.04. The summed E-state index contributed by atoms with van der Waals surface area (Å²) >= 11 is 0. The van der Waals surface area contributed by atoms with Crippen molar-refractivity contribution < 1.29 is 22.7 Å². The van der Waals surface area contributed by atoms with Gasteiger partial charge in [0.1, 0.15) is 5.75 Å². The molecular weight excluding hydrogens is 371 g/mol. The Morgan fingerprint density at radius 2 is 1.96 bits per heavy atom. The molecular formula is C20H24F3N3O2. The van der Waals surface area contributed by atoms with Crippen molar-refractivity contribution in [1.29, 1.82) is 0 Å². The Morgan fingerprint density at radius 1 is 1.32 bits per heavy atom. The van der Waals surface area contributed by atoms with Crippen LogP contribution in [0.5, 0.6) is 5.75 Å². The molecule has 0 bridgehead atoms. The zero-order chi connectivity index (χ0) is 20.6. The van der Waals surface area contributed by atoms with E-state index in [0.29, 0.717) is 25.1 Å². The van der Waals surface area contributed by atoms with Crippen LogP contribution in [-0.2, 0) is 30.4 Å². The topological polar surface area (TPSA) is 58.2 Å². The number of aromatic nitrogens is 2. The number of hydrogen-bond donors (Lipinski definition) is 1. The minimum Gasteiger partial charge on any atom is -0.496 e. The van der Waals surface area contributed by atoms with Crippen LogP contribution in [0.25, 0.3) is 0 Å². The number of fused-ring (bicyclic) bond motifs is 1. The Bertz CT molecular complexity index is 866. The maximum Gasteiger partial charge on any atom is 0.435 e. The summed E-state index contributed by atoms with van der Waals surface area (Å²) in [6.07, 6.45) is -3.55. The molecule has 0 saturated heterocycles. The molecule has 8 heteroatoms. The number of H-pyrrole nitrogens is 1. The van der Waals surface area contributed by atoms with Crippen molar-refractivity contribution in [3.63, 3.8) is 0 Å². The summed E-state index contributed by atoms with van der Waals surface area (Å²) in [6.45, 7) is 4.28. The quantitative estimate of drug-likeness (QED) is 0.856. The number of hydrogen-bond acceptors (Lipinski definition) is 3. The van der Waals surface area contributed by atoms with E-state index in [1.54, 1.807) is 19.1 Å². The molecule has 1 amide bonds.